The zero-order valence-corrected chi connectivity index (χ0v) is 14.1. The monoisotopic (exact) mass is 327 g/mol. The lowest BCUT2D eigenvalue weighted by molar-refractivity contribution is 0.0695. The maximum Gasteiger partial charge on any atom is 0.339 e. The molecule has 2 aromatic rings. The van der Waals surface area contributed by atoms with Crippen molar-refractivity contribution in [2.24, 2.45) is 0 Å². The second-order valence-electron chi connectivity index (χ2n) is 5.68. The van der Waals surface area contributed by atoms with Gasteiger partial charge in [-0.05, 0) is 45.0 Å². The van der Waals surface area contributed by atoms with E-state index in [9.17, 15) is 9.59 Å². The van der Waals surface area contributed by atoms with Gasteiger partial charge in [-0.1, -0.05) is 12.2 Å². The molecule has 0 aliphatic heterocycles. The van der Waals surface area contributed by atoms with Crippen molar-refractivity contribution in [3.8, 4) is 5.69 Å². The van der Waals surface area contributed by atoms with Crippen molar-refractivity contribution in [1.29, 1.82) is 0 Å². The van der Waals surface area contributed by atoms with Gasteiger partial charge in [-0.15, -0.1) is 0 Å². The van der Waals surface area contributed by atoms with E-state index in [1.807, 2.05) is 13.8 Å². The molecule has 0 aliphatic carbocycles. The largest absolute Gasteiger partial charge is 0.478 e. The van der Waals surface area contributed by atoms with E-state index < -0.39 is 5.97 Å². The number of carbonyl (C=O) groups excluding carboxylic acids is 1. The smallest absolute Gasteiger partial charge is 0.339 e. The Morgan fingerprint density at radius 2 is 1.92 bits per heavy atom. The first-order valence-corrected chi connectivity index (χ1v) is 7.67. The summed E-state index contributed by atoms with van der Waals surface area (Å²) in [7, 11) is 0. The summed E-state index contributed by atoms with van der Waals surface area (Å²) < 4.78 is 1.54. The standard InChI is InChI=1S/C18H21N3O3/c1-5-20(11-12(2)3)17(22)14-6-8-15(9-7-14)21-13(4)16(10-19-21)18(23)24/h6-10H,2,5,11H2,1,3-4H3,(H,23,24). The van der Waals surface area contributed by atoms with Crippen LogP contribution in [0.2, 0.25) is 0 Å². The van der Waals surface area contributed by atoms with E-state index in [0.717, 1.165) is 5.57 Å². The molecule has 1 heterocycles. The van der Waals surface area contributed by atoms with Gasteiger partial charge in [0, 0.05) is 18.7 Å². The maximum absolute atomic E-state index is 12.5. The highest BCUT2D eigenvalue weighted by Crippen LogP contribution is 2.16. The van der Waals surface area contributed by atoms with Crippen molar-refractivity contribution in [2.45, 2.75) is 20.8 Å². The molecule has 0 fully saturated rings. The van der Waals surface area contributed by atoms with Crippen LogP contribution < -0.4 is 0 Å². The van der Waals surface area contributed by atoms with E-state index in [1.165, 1.54) is 6.20 Å². The molecular formula is C18H21N3O3. The van der Waals surface area contributed by atoms with Gasteiger partial charge in [-0.3, -0.25) is 4.79 Å². The van der Waals surface area contributed by atoms with E-state index in [0.29, 0.717) is 30.0 Å². The number of aromatic nitrogens is 2. The molecule has 0 atom stereocenters. The fraction of sp³-hybridized carbons (Fsp3) is 0.278. The molecule has 0 radical (unpaired) electrons. The van der Waals surface area contributed by atoms with Crippen LogP contribution in [0.3, 0.4) is 0 Å². The van der Waals surface area contributed by atoms with Crippen LogP contribution in [-0.2, 0) is 0 Å². The van der Waals surface area contributed by atoms with Gasteiger partial charge in [0.15, 0.2) is 0 Å². The minimum atomic E-state index is -1.01. The molecule has 24 heavy (non-hydrogen) atoms. The maximum atomic E-state index is 12.5. The summed E-state index contributed by atoms with van der Waals surface area (Å²) in [5, 5.41) is 13.2. The van der Waals surface area contributed by atoms with Crippen LogP contribution in [0.25, 0.3) is 5.69 Å². The lowest BCUT2D eigenvalue weighted by Gasteiger charge is -2.21. The van der Waals surface area contributed by atoms with Gasteiger partial charge in [-0.25, -0.2) is 9.48 Å². The fourth-order valence-corrected chi connectivity index (χ4v) is 2.46. The third-order valence-electron chi connectivity index (χ3n) is 3.73. The predicted molar refractivity (Wildman–Crippen MR) is 91.7 cm³/mol. The molecule has 6 nitrogen and oxygen atoms in total. The molecule has 1 amide bonds. The molecule has 0 saturated carbocycles. The van der Waals surface area contributed by atoms with E-state index in [4.69, 9.17) is 5.11 Å². The second-order valence-corrected chi connectivity index (χ2v) is 5.68. The minimum absolute atomic E-state index is 0.0598. The Kier molecular flexibility index (Phi) is 5.18. The molecular weight excluding hydrogens is 306 g/mol. The molecule has 0 unspecified atom stereocenters. The SMILES string of the molecule is C=C(C)CN(CC)C(=O)c1ccc(-n2ncc(C(=O)O)c2C)cc1. The highest BCUT2D eigenvalue weighted by molar-refractivity contribution is 5.94. The van der Waals surface area contributed by atoms with Crippen molar-refractivity contribution in [3.63, 3.8) is 0 Å². The number of amides is 1. The van der Waals surface area contributed by atoms with Crippen LogP contribution >= 0.6 is 0 Å². The first-order chi connectivity index (χ1) is 11.3. The summed E-state index contributed by atoms with van der Waals surface area (Å²) in [6.45, 7) is 10.5. The lowest BCUT2D eigenvalue weighted by Crippen LogP contribution is -2.32. The Bertz CT molecular complexity index is 775. The molecule has 0 aliphatic rings. The van der Waals surface area contributed by atoms with Crippen molar-refractivity contribution in [3.05, 3.63) is 59.4 Å². The van der Waals surface area contributed by atoms with Gasteiger partial charge in [0.1, 0.15) is 5.56 Å². The van der Waals surface area contributed by atoms with Gasteiger partial charge < -0.3 is 10.0 Å². The molecule has 1 N–H and O–H groups in total. The fourth-order valence-electron chi connectivity index (χ4n) is 2.46. The minimum Gasteiger partial charge on any atom is -0.478 e. The number of hydrogen-bond donors (Lipinski definition) is 1. The Morgan fingerprint density at radius 1 is 1.29 bits per heavy atom. The molecule has 0 saturated heterocycles. The third-order valence-corrected chi connectivity index (χ3v) is 3.73. The third kappa shape index (κ3) is 3.53. The highest BCUT2D eigenvalue weighted by atomic mass is 16.4. The Labute approximate surface area is 141 Å². The van der Waals surface area contributed by atoms with Crippen molar-refractivity contribution in [1.82, 2.24) is 14.7 Å². The van der Waals surface area contributed by atoms with Crippen molar-refractivity contribution >= 4 is 11.9 Å². The van der Waals surface area contributed by atoms with E-state index in [1.54, 1.807) is 40.8 Å². The van der Waals surface area contributed by atoms with Gasteiger partial charge >= 0.3 is 5.97 Å². The van der Waals surface area contributed by atoms with Crippen LogP contribution in [0, 0.1) is 6.92 Å². The predicted octanol–water partition coefficient (Wildman–Crippen LogP) is 2.92. The number of carboxylic acid groups (broad SMARTS) is 1. The number of rotatable bonds is 6. The van der Waals surface area contributed by atoms with E-state index >= 15 is 0 Å². The van der Waals surface area contributed by atoms with Gasteiger partial charge in [0.05, 0.1) is 17.6 Å². The number of hydrogen-bond acceptors (Lipinski definition) is 3. The summed E-state index contributed by atoms with van der Waals surface area (Å²) in [4.78, 5) is 25.3. The quantitative estimate of drug-likeness (QED) is 0.828. The van der Waals surface area contributed by atoms with Crippen LogP contribution in [-0.4, -0.2) is 44.8 Å². The first-order valence-electron chi connectivity index (χ1n) is 7.67. The lowest BCUT2D eigenvalue weighted by atomic mass is 10.1. The molecule has 0 spiro atoms. The second kappa shape index (κ2) is 7.12. The summed E-state index contributed by atoms with van der Waals surface area (Å²) >= 11 is 0. The van der Waals surface area contributed by atoms with Crippen LogP contribution in [0.1, 0.15) is 40.3 Å². The Balaban J connectivity index is 2.26. The summed E-state index contributed by atoms with van der Waals surface area (Å²) in [6, 6.07) is 6.96. The number of likely N-dealkylation sites (N-methyl/N-ethyl adjacent to an activating group) is 1. The number of carbonyl (C=O) groups is 2. The van der Waals surface area contributed by atoms with Gasteiger partial charge in [0.2, 0.25) is 0 Å². The average Bonchev–Trinajstić information content (AvgIpc) is 2.93. The summed E-state index contributed by atoms with van der Waals surface area (Å²) in [6.07, 6.45) is 1.32. The molecule has 2 rings (SSSR count). The van der Waals surface area contributed by atoms with Crippen LogP contribution in [0.5, 0.6) is 0 Å². The number of benzene rings is 1. The zero-order chi connectivity index (χ0) is 17.9. The van der Waals surface area contributed by atoms with E-state index in [-0.39, 0.29) is 11.5 Å². The normalized spacial score (nSPS) is 10.5. The highest BCUT2D eigenvalue weighted by Gasteiger charge is 2.16. The topological polar surface area (TPSA) is 75.4 Å². The average molecular weight is 327 g/mol. The molecule has 126 valence electrons. The molecule has 1 aromatic carbocycles. The zero-order valence-electron chi connectivity index (χ0n) is 14.1. The molecule has 1 aromatic heterocycles. The first kappa shape index (κ1) is 17.5. The Hall–Kier alpha value is -2.89. The van der Waals surface area contributed by atoms with Crippen LogP contribution in [0.15, 0.2) is 42.6 Å². The van der Waals surface area contributed by atoms with Crippen LogP contribution in [0.4, 0.5) is 0 Å². The summed E-state index contributed by atoms with van der Waals surface area (Å²) in [5.74, 6) is -1.07. The van der Waals surface area contributed by atoms with Gasteiger partial charge in [0.25, 0.3) is 5.91 Å². The summed E-state index contributed by atoms with van der Waals surface area (Å²) in [5.41, 5.74) is 2.91. The van der Waals surface area contributed by atoms with E-state index in [2.05, 4.69) is 11.7 Å². The molecule has 6 heteroatoms. The Morgan fingerprint density at radius 3 is 2.38 bits per heavy atom. The van der Waals surface area contributed by atoms with Crippen molar-refractivity contribution < 1.29 is 14.7 Å². The number of aromatic carboxylic acids is 1. The van der Waals surface area contributed by atoms with Crippen molar-refractivity contribution in [2.75, 3.05) is 13.1 Å². The number of carboxylic acids is 1. The molecule has 0 bridgehead atoms. The number of nitrogens with zero attached hydrogens (tertiary/aromatic N) is 3. The van der Waals surface area contributed by atoms with Gasteiger partial charge in [-0.2, -0.15) is 5.10 Å².